The summed E-state index contributed by atoms with van der Waals surface area (Å²) in [6.07, 6.45) is 0. The van der Waals surface area contributed by atoms with E-state index >= 15 is 0 Å². The van der Waals surface area contributed by atoms with Gasteiger partial charge >= 0.3 is 0 Å². The van der Waals surface area contributed by atoms with Crippen molar-refractivity contribution in [3.8, 4) is 22.3 Å². The molecule has 3 nitrogen and oxygen atoms in total. The Balaban J connectivity index is 0.976. The molecular formula is C64H46N2O. The molecule has 10 aromatic carbocycles. The minimum Gasteiger partial charge on any atom is -0.456 e. The van der Waals surface area contributed by atoms with E-state index in [1.165, 1.54) is 50.1 Å². The van der Waals surface area contributed by atoms with Crippen molar-refractivity contribution in [3.63, 3.8) is 0 Å². The van der Waals surface area contributed by atoms with Gasteiger partial charge in [0, 0.05) is 44.5 Å². The summed E-state index contributed by atoms with van der Waals surface area (Å²) in [4.78, 5) is 4.85. The Morgan fingerprint density at radius 3 is 1.63 bits per heavy atom. The normalized spacial score (nSPS) is 14.0. The Labute approximate surface area is 391 Å². The molecule has 0 amide bonds. The number of furan rings is 1. The number of rotatable bonds is 7. The van der Waals surface area contributed by atoms with Gasteiger partial charge in [-0.3, -0.25) is 0 Å². The van der Waals surface area contributed by atoms with Gasteiger partial charge in [0.1, 0.15) is 11.2 Å². The van der Waals surface area contributed by atoms with Crippen molar-refractivity contribution in [2.24, 2.45) is 0 Å². The molecule has 1 aromatic heterocycles. The number of nitrogens with zero attached hydrogens (tertiary/aromatic N) is 2. The Bertz CT molecular complexity index is 3610. The lowest BCUT2D eigenvalue weighted by Crippen LogP contribution is -2.37. The van der Waals surface area contributed by atoms with Crippen LogP contribution in [-0.4, -0.2) is 0 Å². The fraction of sp³-hybridized carbons (Fsp3) is 0.0625. The average Bonchev–Trinajstić information content (AvgIpc) is 3.88. The van der Waals surface area contributed by atoms with Crippen LogP contribution in [0.2, 0.25) is 0 Å². The molecule has 0 saturated heterocycles. The summed E-state index contributed by atoms with van der Waals surface area (Å²) in [6.45, 7) is 4.71. The molecule has 0 saturated carbocycles. The van der Waals surface area contributed by atoms with Crippen LogP contribution in [0.5, 0.6) is 0 Å². The van der Waals surface area contributed by atoms with E-state index in [0.717, 1.165) is 61.6 Å². The van der Waals surface area contributed by atoms with E-state index in [-0.39, 0.29) is 5.41 Å². The van der Waals surface area contributed by atoms with Crippen LogP contribution in [0, 0.1) is 0 Å². The van der Waals surface area contributed by atoms with Crippen LogP contribution in [0.4, 0.5) is 34.1 Å². The summed E-state index contributed by atoms with van der Waals surface area (Å²) >= 11 is 0. The topological polar surface area (TPSA) is 19.6 Å². The molecule has 0 radical (unpaired) electrons. The Morgan fingerprint density at radius 2 is 0.910 bits per heavy atom. The Morgan fingerprint density at radius 1 is 0.388 bits per heavy atom. The largest absolute Gasteiger partial charge is 0.456 e. The van der Waals surface area contributed by atoms with Gasteiger partial charge in [-0.2, -0.15) is 0 Å². The van der Waals surface area contributed by atoms with Gasteiger partial charge in [0.15, 0.2) is 0 Å². The summed E-state index contributed by atoms with van der Waals surface area (Å²) in [5.74, 6) is 0. The van der Waals surface area contributed by atoms with Gasteiger partial charge < -0.3 is 14.2 Å². The highest BCUT2D eigenvalue weighted by molar-refractivity contribution is 6.07. The van der Waals surface area contributed by atoms with Gasteiger partial charge in [-0.25, -0.2) is 0 Å². The third-order valence-electron chi connectivity index (χ3n) is 14.5. The molecule has 318 valence electrons. The van der Waals surface area contributed by atoms with Crippen LogP contribution < -0.4 is 9.80 Å². The maximum absolute atomic E-state index is 6.90. The Kier molecular flexibility index (Phi) is 8.78. The predicted molar refractivity (Wildman–Crippen MR) is 278 cm³/mol. The summed E-state index contributed by atoms with van der Waals surface area (Å²) in [6, 6.07) is 88.6. The first-order valence-electron chi connectivity index (χ1n) is 23.3. The number of benzene rings is 10. The first kappa shape index (κ1) is 39.0. The molecular weight excluding hydrogens is 813 g/mol. The fourth-order valence-electron chi connectivity index (χ4n) is 11.5. The smallest absolute Gasteiger partial charge is 0.140 e. The van der Waals surface area contributed by atoms with E-state index in [4.69, 9.17) is 4.42 Å². The first-order valence-corrected chi connectivity index (χ1v) is 23.3. The lowest BCUT2D eigenvalue weighted by molar-refractivity contribution is 0.643. The summed E-state index contributed by atoms with van der Waals surface area (Å²) in [5.41, 5.74) is 20.1. The fourth-order valence-corrected chi connectivity index (χ4v) is 11.5. The second-order valence-corrected chi connectivity index (χ2v) is 18.4. The molecule has 0 atom stereocenters. The molecule has 0 bridgehead atoms. The highest BCUT2D eigenvalue weighted by Crippen LogP contribution is 2.59. The molecule has 0 N–H and O–H groups in total. The van der Waals surface area contributed by atoms with Gasteiger partial charge in [0.2, 0.25) is 0 Å². The minimum atomic E-state index is -0.692. The summed E-state index contributed by atoms with van der Waals surface area (Å²) in [5, 5.41) is 2.24. The first-order chi connectivity index (χ1) is 33.0. The summed E-state index contributed by atoms with van der Waals surface area (Å²) < 4.78 is 6.90. The number of para-hydroxylation sites is 4. The predicted octanol–water partition coefficient (Wildman–Crippen LogP) is 17.2. The van der Waals surface area contributed by atoms with Gasteiger partial charge in [-0.05, 0) is 117 Å². The molecule has 2 heterocycles. The van der Waals surface area contributed by atoms with Crippen molar-refractivity contribution in [1.82, 2.24) is 0 Å². The zero-order chi connectivity index (χ0) is 44.7. The van der Waals surface area contributed by atoms with Crippen LogP contribution in [0.3, 0.4) is 0 Å². The molecule has 13 rings (SSSR count). The van der Waals surface area contributed by atoms with Gasteiger partial charge in [0.05, 0.1) is 16.8 Å². The molecule has 0 fully saturated rings. The van der Waals surface area contributed by atoms with E-state index in [1.807, 2.05) is 0 Å². The Hall–Kier alpha value is -8.40. The maximum atomic E-state index is 6.90. The van der Waals surface area contributed by atoms with E-state index in [9.17, 15) is 0 Å². The van der Waals surface area contributed by atoms with Crippen molar-refractivity contribution >= 4 is 56.1 Å². The van der Waals surface area contributed by atoms with Gasteiger partial charge in [0.25, 0.3) is 0 Å². The van der Waals surface area contributed by atoms with Crippen molar-refractivity contribution in [1.29, 1.82) is 0 Å². The number of hydrogen-bond donors (Lipinski definition) is 0. The van der Waals surface area contributed by atoms with E-state index < -0.39 is 5.41 Å². The average molecular weight is 859 g/mol. The van der Waals surface area contributed by atoms with Crippen molar-refractivity contribution in [2.45, 2.75) is 24.7 Å². The van der Waals surface area contributed by atoms with E-state index in [2.05, 4.69) is 266 Å². The van der Waals surface area contributed by atoms with Crippen LogP contribution in [0.1, 0.15) is 47.2 Å². The van der Waals surface area contributed by atoms with Crippen molar-refractivity contribution < 1.29 is 4.42 Å². The molecule has 0 unspecified atom stereocenters. The van der Waals surface area contributed by atoms with E-state index in [1.54, 1.807) is 0 Å². The maximum Gasteiger partial charge on any atom is 0.140 e. The number of anilines is 6. The molecule has 0 spiro atoms. The highest BCUT2D eigenvalue weighted by atomic mass is 16.3. The van der Waals surface area contributed by atoms with Gasteiger partial charge in [-0.1, -0.05) is 190 Å². The van der Waals surface area contributed by atoms with Crippen molar-refractivity contribution in [3.05, 3.63) is 276 Å². The zero-order valence-corrected chi connectivity index (χ0v) is 37.4. The molecule has 3 heteroatoms. The van der Waals surface area contributed by atoms with E-state index in [0.29, 0.717) is 0 Å². The van der Waals surface area contributed by atoms with Gasteiger partial charge in [-0.15, -0.1) is 0 Å². The van der Waals surface area contributed by atoms with Crippen LogP contribution in [-0.2, 0) is 10.8 Å². The SMILES string of the molecule is CC1(C)c2ccccc2-c2ccc(N(c3ccc(-c4ccccc4)cc3)c3ccc(N4c5ccccc5C(c5ccccc5)(c5cccc6c5oc5ccccc56)c5ccccc54)cc3)cc21. The number of fused-ring (bicyclic) bond motifs is 8. The van der Waals surface area contributed by atoms with Crippen LogP contribution >= 0.6 is 0 Å². The minimum absolute atomic E-state index is 0.130. The second kappa shape index (κ2) is 15.1. The van der Waals surface area contributed by atoms with Crippen molar-refractivity contribution in [2.75, 3.05) is 9.80 Å². The van der Waals surface area contributed by atoms with Crippen LogP contribution in [0.15, 0.2) is 247 Å². The number of hydrogen-bond acceptors (Lipinski definition) is 3. The zero-order valence-electron chi connectivity index (χ0n) is 37.4. The lowest BCUT2D eigenvalue weighted by atomic mass is 9.62. The molecule has 1 aliphatic carbocycles. The highest BCUT2D eigenvalue weighted by Gasteiger charge is 2.48. The molecule has 2 aliphatic rings. The third-order valence-corrected chi connectivity index (χ3v) is 14.5. The quantitative estimate of drug-likeness (QED) is 0.159. The van der Waals surface area contributed by atoms with Crippen LogP contribution in [0.25, 0.3) is 44.2 Å². The second-order valence-electron chi connectivity index (χ2n) is 18.4. The molecule has 11 aromatic rings. The lowest BCUT2D eigenvalue weighted by Gasteiger charge is -2.46. The standard InChI is InChI=1S/C64H46N2O/c1-63(2)54-25-11-9-22-50(54)51-41-40-49(42-58(51)63)65(46-34-32-44(33-35-46)43-18-5-3-6-19-43)47-36-38-48(39-37-47)66-59-29-14-12-26-55(59)64(45-20-7-4-8-21-45,56-27-13-15-30-60(56)66)57-28-17-24-53-52-23-10-16-31-61(52)67-62(53)57/h3-42H,1-2H3. The summed E-state index contributed by atoms with van der Waals surface area (Å²) in [7, 11) is 0. The third kappa shape index (κ3) is 5.84. The molecule has 67 heavy (non-hydrogen) atoms. The molecule has 1 aliphatic heterocycles. The monoisotopic (exact) mass is 858 g/mol.